The Balaban J connectivity index is 1.90. The van der Waals surface area contributed by atoms with E-state index in [1.807, 2.05) is 12.1 Å². The van der Waals surface area contributed by atoms with Crippen LogP contribution in [0.2, 0.25) is 0 Å². The molecule has 0 aliphatic heterocycles. The second kappa shape index (κ2) is 5.54. The molecule has 0 spiro atoms. The van der Waals surface area contributed by atoms with E-state index in [4.69, 9.17) is 5.73 Å². The summed E-state index contributed by atoms with van der Waals surface area (Å²) in [5.74, 6) is 0.236. The van der Waals surface area contributed by atoms with E-state index in [1.165, 1.54) is 4.90 Å². The predicted molar refractivity (Wildman–Crippen MR) is 85.9 cm³/mol. The lowest BCUT2D eigenvalue weighted by Gasteiger charge is -2.08. The fourth-order valence-corrected chi connectivity index (χ4v) is 3.64. The van der Waals surface area contributed by atoms with Gasteiger partial charge in [0, 0.05) is 32.4 Å². The third-order valence-corrected chi connectivity index (χ3v) is 5.27. The summed E-state index contributed by atoms with van der Waals surface area (Å²) < 4.78 is 0. The van der Waals surface area contributed by atoms with E-state index in [-0.39, 0.29) is 5.78 Å². The molecule has 0 amide bonds. The number of hydrogen-bond acceptors (Lipinski definition) is 4. The van der Waals surface area contributed by atoms with Crippen molar-refractivity contribution in [3.63, 3.8) is 0 Å². The molecule has 2 N–H and O–H groups in total. The maximum atomic E-state index is 11.8. The lowest BCUT2D eigenvalue weighted by molar-refractivity contribution is 0.0994. The van der Waals surface area contributed by atoms with Gasteiger partial charge >= 0.3 is 0 Å². The molecule has 2 nitrogen and oxygen atoms in total. The van der Waals surface area contributed by atoms with Gasteiger partial charge in [-0.2, -0.15) is 0 Å². The summed E-state index contributed by atoms with van der Waals surface area (Å²) in [4.78, 5) is 15.2. The Hall–Kier alpha value is -1.39. The summed E-state index contributed by atoms with van der Waals surface area (Å²) in [6, 6.07) is 12.3. The van der Waals surface area contributed by atoms with Gasteiger partial charge in [0.05, 0.1) is 0 Å². The van der Waals surface area contributed by atoms with Gasteiger partial charge in [-0.25, -0.2) is 0 Å². The number of ketones is 1. The molecular formula is C16H15NOS2. The van der Waals surface area contributed by atoms with E-state index in [0.29, 0.717) is 6.42 Å². The number of aryl methyl sites for hydroxylation is 1. The Kier molecular flexibility index (Phi) is 3.76. The molecule has 3 rings (SSSR count). The van der Waals surface area contributed by atoms with Gasteiger partial charge in [-0.05, 0) is 54.6 Å². The normalized spacial score (nSPS) is 13.6. The van der Waals surface area contributed by atoms with Crippen LogP contribution in [0, 0.1) is 0 Å². The maximum Gasteiger partial charge on any atom is 0.163 e. The van der Waals surface area contributed by atoms with Crippen molar-refractivity contribution in [1.82, 2.24) is 0 Å². The van der Waals surface area contributed by atoms with Crippen LogP contribution in [0.4, 0.5) is 5.69 Å². The molecular weight excluding hydrogens is 286 g/mol. The van der Waals surface area contributed by atoms with Crippen molar-refractivity contribution in [2.75, 3.05) is 12.0 Å². The number of rotatable bonds is 3. The summed E-state index contributed by atoms with van der Waals surface area (Å²) in [6.07, 6.45) is 3.50. The number of nitrogens with two attached hydrogens (primary N) is 1. The van der Waals surface area contributed by atoms with Crippen molar-refractivity contribution in [3.05, 3.63) is 47.5 Å². The first kappa shape index (κ1) is 13.6. The van der Waals surface area contributed by atoms with E-state index < -0.39 is 0 Å². The number of nitrogen functional groups attached to an aromatic ring is 1. The molecule has 1 aliphatic rings. The summed E-state index contributed by atoms with van der Waals surface area (Å²) >= 11 is 3.34. The number of carbonyl (C=O) groups is 1. The second-order valence-electron chi connectivity index (χ2n) is 4.75. The highest BCUT2D eigenvalue weighted by atomic mass is 32.2. The molecule has 0 fully saturated rings. The number of Topliss-reactive ketones (excluding diaryl/α,β-unsaturated/α-hetero) is 1. The third-order valence-electron chi connectivity index (χ3n) is 3.44. The van der Waals surface area contributed by atoms with Crippen LogP contribution in [0.15, 0.2) is 51.1 Å². The Morgan fingerprint density at radius 1 is 1.05 bits per heavy atom. The molecule has 0 bridgehead atoms. The zero-order valence-corrected chi connectivity index (χ0v) is 12.8. The highest BCUT2D eigenvalue weighted by Crippen LogP contribution is 2.36. The first-order valence-corrected chi connectivity index (χ1v) is 8.49. The minimum atomic E-state index is 0.236. The third kappa shape index (κ3) is 2.58. The van der Waals surface area contributed by atoms with Gasteiger partial charge < -0.3 is 5.73 Å². The van der Waals surface area contributed by atoms with Gasteiger partial charge in [-0.3, -0.25) is 4.79 Å². The van der Waals surface area contributed by atoms with Crippen LogP contribution < -0.4 is 5.73 Å². The fraction of sp³-hybridized carbons (Fsp3) is 0.188. The SMILES string of the molecule is CSc1ccc(Sc2cc3c(cc2N)CCC3=O)cc1. The second-order valence-corrected chi connectivity index (χ2v) is 6.74. The van der Waals surface area contributed by atoms with Gasteiger partial charge in [0.25, 0.3) is 0 Å². The van der Waals surface area contributed by atoms with E-state index in [1.54, 1.807) is 23.5 Å². The monoisotopic (exact) mass is 301 g/mol. The van der Waals surface area contributed by atoms with Crippen LogP contribution >= 0.6 is 23.5 Å². The molecule has 0 unspecified atom stereocenters. The smallest absolute Gasteiger partial charge is 0.163 e. The van der Waals surface area contributed by atoms with Crippen LogP contribution in [0.5, 0.6) is 0 Å². The zero-order chi connectivity index (χ0) is 14.1. The number of benzene rings is 2. The minimum Gasteiger partial charge on any atom is -0.398 e. The largest absolute Gasteiger partial charge is 0.398 e. The van der Waals surface area contributed by atoms with Crippen LogP contribution in [0.25, 0.3) is 0 Å². The predicted octanol–water partition coefficient (Wildman–Crippen LogP) is 4.27. The maximum absolute atomic E-state index is 11.8. The highest BCUT2D eigenvalue weighted by Gasteiger charge is 2.21. The van der Waals surface area contributed by atoms with E-state index in [2.05, 4.69) is 30.5 Å². The van der Waals surface area contributed by atoms with Crippen LogP contribution in [0.3, 0.4) is 0 Å². The topological polar surface area (TPSA) is 43.1 Å². The molecule has 0 atom stereocenters. The summed E-state index contributed by atoms with van der Waals surface area (Å²) in [7, 11) is 0. The Morgan fingerprint density at radius 2 is 1.75 bits per heavy atom. The summed E-state index contributed by atoms with van der Waals surface area (Å²) in [5.41, 5.74) is 8.81. The van der Waals surface area contributed by atoms with Crippen LogP contribution in [-0.2, 0) is 6.42 Å². The lowest BCUT2D eigenvalue weighted by atomic mass is 10.1. The molecule has 102 valence electrons. The van der Waals surface area contributed by atoms with Gasteiger partial charge in [-0.1, -0.05) is 11.8 Å². The lowest BCUT2D eigenvalue weighted by Crippen LogP contribution is -1.95. The first-order chi connectivity index (χ1) is 9.67. The standard InChI is InChI=1S/C16H15NOS2/c1-19-11-3-5-12(6-4-11)20-16-9-13-10(8-14(16)17)2-7-15(13)18/h3-6,8-9H,2,7,17H2,1H3. The molecule has 2 aromatic carbocycles. The summed E-state index contributed by atoms with van der Waals surface area (Å²) in [6.45, 7) is 0. The van der Waals surface area contributed by atoms with Crippen molar-refractivity contribution in [3.8, 4) is 0 Å². The molecule has 0 saturated carbocycles. The number of anilines is 1. The molecule has 4 heteroatoms. The Bertz CT molecular complexity index is 665. The minimum absolute atomic E-state index is 0.236. The van der Waals surface area contributed by atoms with Crippen LogP contribution in [0.1, 0.15) is 22.3 Å². The average molecular weight is 301 g/mol. The van der Waals surface area contributed by atoms with E-state index >= 15 is 0 Å². The van der Waals surface area contributed by atoms with Gasteiger partial charge in [0.2, 0.25) is 0 Å². The Labute approximate surface area is 127 Å². The quantitative estimate of drug-likeness (QED) is 0.679. The van der Waals surface area contributed by atoms with Crippen LogP contribution in [-0.4, -0.2) is 12.0 Å². The van der Waals surface area contributed by atoms with Gasteiger partial charge in [0.1, 0.15) is 0 Å². The molecule has 0 saturated heterocycles. The molecule has 1 aliphatic carbocycles. The molecule has 0 aromatic heterocycles. The van der Waals surface area contributed by atoms with Crippen molar-refractivity contribution in [1.29, 1.82) is 0 Å². The van der Waals surface area contributed by atoms with Gasteiger partial charge in [0.15, 0.2) is 5.78 Å². The van der Waals surface area contributed by atoms with Crippen molar-refractivity contribution in [2.45, 2.75) is 27.5 Å². The first-order valence-electron chi connectivity index (χ1n) is 6.45. The molecule has 0 radical (unpaired) electrons. The average Bonchev–Trinajstić information content (AvgIpc) is 2.81. The zero-order valence-electron chi connectivity index (χ0n) is 11.2. The molecule has 2 aromatic rings. The number of carbonyl (C=O) groups excluding carboxylic acids is 1. The van der Waals surface area contributed by atoms with E-state index in [0.717, 1.165) is 33.0 Å². The number of hydrogen-bond donors (Lipinski definition) is 1. The number of thioether (sulfide) groups is 1. The van der Waals surface area contributed by atoms with Crippen molar-refractivity contribution in [2.24, 2.45) is 0 Å². The molecule has 0 heterocycles. The fourth-order valence-electron chi connectivity index (χ4n) is 2.35. The Morgan fingerprint density at radius 3 is 2.45 bits per heavy atom. The van der Waals surface area contributed by atoms with Gasteiger partial charge in [-0.15, -0.1) is 11.8 Å². The summed E-state index contributed by atoms with van der Waals surface area (Å²) in [5, 5.41) is 0. The van der Waals surface area contributed by atoms with Crippen molar-refractivity contribution < 1.29 is 4.79 Å². The number of fused-ring (bicyclic) bond motifs is 1. The van der Waals surface area contributed by atoms with E-state index in [9.17, 15) is 4.79 Å². The highest BCUT2D eigenvalue weighted by molar-refractivity contribution is 7.99. The molecule has 20 heavy (non-hydrogen) atoms. The van der Waals surface area contributed by atoms with Crippen molar-refractivity contribution >= 4 is 35.0 Å².